The van der Waals surface area contributed by atoms with E-state index in [1.807, 2.05) is 59.2 Å². The van der Waals surface area contributed by atoms with Gasteiger partial charge in [-0.05, 0) is 37.1 Å². The van der Waals surface area contributed by atoms with Crippen molar-refractivity contribution in [3.8, 4) is 0 Å². The summed E-state index contributed by atoms with van der Waals surface area (Å²) in [4.78, 5) is 42.5. The van der Waals surface area contributed by atoms with E-state index >= 15 is 0 Å². The van der Waals surface area contributed by atoms with Crippen molar-refractivity contribution >= 4 is 34.4 Å². The molecule has 0 radical (unpaired) electrons. The highest BCUT2D eigenvalue weighted by atomic mass is 16.5. The van der Waals surface area contributed by atoms with Gasteiger partial charge in [-0.15, -0.1) is 0 Å². The zero-order valence-corrected chi connectivity index (χ0v) is 21.9. The van der Waals surface area contributed by atoms with Gasteiger partial charge >= 0.3 is 5.97 Å². The molecule has 2 aromatic heterocycles. The lowest BCUT2D eigenvalue weighted by Crippen LogP contribution is -2.26. The molecule has 1 unspecified atom stereocenters. The number of Topliss-reactive ketones (excluding diaryl/α,β-unsaturated/α-hetero) is 1. The van der Waals surface area contributed by atoms with Crippen LogP contribution in [-0.2, 0) is 16.1 Å². The van der Waals surface area contributed by atoms with Crippen LogP contribution in [0.1, 0.15) is 78.3 Å². The van der Waals surface area contributed by atoms with Crippen molar-refractivity contribution in [2.75, 3.05) is 5.32 Å². The minimum absolute atomic E-state index is 0.0403. The van der Waals surface area contributed by atoms with Gasteiger partial charge in [0.1, 0.15) is 18.5 Å². The third kappa shape index (κ3) is 6.54. The van der Waals surface area contributed by atoms with Crippen LogP contribution in [-0.4, -0.2) is 27.2 Å². The van der Waals surface area contributed by atoms with Gasteiger partial charge in [0.25, 0.3) is 0 Å². The van der Waals surface area contributed by atoms with Crippen LogP contribution < -0.4 is 5.32 Å². The number of unbranched alkanes of at least 4 members (excludes halogenated alkanes) is 3. The number of fused-ring (bicyclic) bond motifs is 1. The summed E-state index contributed by atoms with van der Waals surface area (Å²) in [7, 11) is 0. The van der Waals surface area contributed by atoms with E-state index in [1.54, 1.807) is 25.3 Å². The van der Waals surface area contributed by atoms with Crippen molar-refractivity contribution in [1.29, 1.82) is 0 Å². The molecular weight excluding hydrogens is 478 g/mol. The number of amides is 1. The first kappa shape index (κ1) is 26.8. The van der Waals surface area contributed by atoms with E-state index in [9.17, 15) is 14.4 Å². The number of aromatic nitrogens is 2. The summed E-state index contributed by atoms with van der Waals surface area (Å²) in [6, 6.07) is 19.8. The van der Waals surface area contributed by atoms with Crippen molar-refractivity contribution in [3.05, 3.63) is 95.8 Å². The average Bonchev–Trinajstić information content (AvgIpc) is 3.32. The molecule has 38 heavy (non-hydrogen) atoms. The lowest BCUT2D eigenvalue weighted by molar-refractivity contribution is -0.119. The number of pyridine rings is 1. The molecule has 2 heterocycles. The Balaban J connectivity index is 1.50. The summed E-state index contributed by atoms with van der Waals surface area (Å²) in [6.07, 6.45) is 7.93. The number of carbonyl (C=O) groups is 3. The molecular formula is C31H33N3O4. The van der Waals surface area contributed by atoms with Crippen LogP contribution in [0.4, 0.5) is 5.82 Å². The molecule has 7 heteroatoms. The molecule has 0 saturated carbocycles. The van der Waals surface area contributed by atoms with Gasteiger partial charge in [-0.1, -0.05) is 81.1 Å². The van der Waals surface area contributed by atoms with E-state index < -0.39 is 12.0 Å². The molecule has 7 nitrogen and oxygen atoms in total. The quantitative estimate of drug-likeness (QED) is 0.129. The largest absolute Gasteiger partial charge is 0.457 e. The van der Waals surface area contributed by atoms with Gasteiger partial charge in [0.15, 0.2) is 5.78 Å². The Bertz CT molecular complexity index is 1390. The Morgan fingerprint density at radius 3 is 2.42 bits per heavy atom. The van der Waals surface area contributed by atoms with Crippen LogP contribution in [0.2, 0.25) is 0 Å². The maximum atomic E-state index is 13.5. The van der Waals surface area contributed by atoms with Crippen molar-refractivity contribution in [1.82, 2.24) is 9.55 Å². The Morgan fingerprint density at radius 1 is 0.947 bits per heavy atom. The molecule has 1 atom stereocenters. The molecule has 0 fully saturated rings. The molecule has 0 bridgehead atoms. The molecule has 0 aliphatic heterocycles. The summed E-state index contributed by atoms with van der Waals surface area (Å²) >= 11 is 0. The van der Waals surface area contributed by atoms with Crippen molar-refractivity contribution in [2.24, 2.45) is 0 Å². The summed E-state index contributed by atoms with van der Waals surface area (Å²) in [5.41, 5.74) is 2.65. The summed E-state index contributed by atoms with van der Waals surface area (Å²) in [6.45, 7) is 3.86. The molecule has 0 aliphatic carbocycles. The molecule has 0 saturated heterocycles. The number of benzene rings is 2. The van der Waals surface area contributed by atoms with E-state index in [0.717, 1.165) is 42.1 Å². The number of rotatable bonds is 12. The van der Waals surface area contributed by atoms with E-state index in [1.165, 1.54) is 6.20 Å². The van der Waals surface area contributed by atoms with Crippen LogP contribution in [0.3, 0.4) is 0 Å². The Labute approximate surface area is 222 Å². The second kappa shape index (κ2) is 12.8. The van der Waals surface area contributed by atoms with Crippen LogP contribution in [0.5, 0.6) is 0 Å². The molecule has 0 spiro atoms. The van der Waals surface area contributed by atoms with Gasteiger partial charge in [0.05, 0.1) is 5.56 Å². The molecule has 1 N–H and O–H groups in total. The standard InChI is InChI=1S/C31H33N3O4/c1-3-4-5-9-16-28(34-20-26(22(2)35)25-14-10-11-15-27(25)34)30(36)33-29-18-17-24(19-32-29)31(37)38-21-23-12-7-6-8-13-23/h6-8,10-15,17-20,28H,3-5,9,16,21H2,1-2H3,(H,32,33,36). The minimum atomic E-state index is -0.512. The lowest BCUT2D eigenvalue weighted by Gasteiger charge is -2.20. The highest BCUT2D eigenvalue weighted by Gasteiger charge is 2.24. The minimum Gasteiger partial charge on any atom is -0.457 e. The topological polar surface area (TPSA) is 90.3 Å². The zero-order chi connectivity index (χ0) is 26.9. The van der Waals surface area contributed by atoms with E-state index in [0.29, 0.717) is 23.4 Å². The van der Waals surface area contributed by atoms with Crippen molar-refractivity contribution < 1.29 is 19.1 Å². The highest BCUT2D eigenvalue weighted by Crippen LogP contribution is 2.29. The number of ketones is 1. The van der Waals surface area contributed by atoms with Gasteiger partial charge in [-0.25, -0.2) is 9.78 Å². The monoisotopic (exact) mass is 511 g/mol. The normalized spacial score (nSPS) is 11.7. The predicted molar refractivity (Wildman–Crippen MR) is 148 cm³/mol. The number of nitrogens with one attached hydrogen (secondary N) is 1. The number of ether oxygens (including phenoxy) is 1. The number of anilines is 1. The summed E-state index contributed by atoms with van der Waals surface area (Å²) < 4.78 is 7.27. The molecule has 2 aromatic carbocycles. The fourth-order valence-electron chi connectivity index (χ4n) is 4.51. The maximum absolute atomic E-state index is 13.5. The van der Waals surface area contributed by atoms with E-state index in [-0.39, 0.29) is 18.3 Å². The Hall–Kier alpha value is -4.26. The predicted octanol–water partition coefficient (Wildman–Crippen LogP) is 6.75. The second-order valence-corrected chi connectivity index (χ2v) is 9.37. The third-order valence-corrected chi connectivity index (χ3v) is 6.55. The molecule has 196 valence electrons. The Kier molecular flexibility index (Phi) is 9.03. The second-order valence-electron chi connectivity index (χ2n) is 9.37. The molecule has 1 amide bonds. The van der Waals surface area contributed by atoms with Crippen LogP contribution in [0.15, 0.2) is 79.1 Å². The van der Waals surface area contributed by atoms with Gasteiger partial charge < -0.3 is 14.6 Å². The highest BCUT2D eigenvalue weighted by molar-refractivity contribution is 6.07. The number of para-hydroxylation sites is 1. The fourth-order valence-corrected chi connectivity index (χ4v) is 4.51. The first-order chi connectivity index (χ1) is 18.5. The zero-order valence-electron chi connectivity index (χ0n) is 21.9. The number of carbonyl (C=O) groups excluding carboxylic acids is 3. The van der Waals surface area contributed by atoms with Crippen LogP contribution in [0.25, 0.3) is 10.9 Å². The SMILES string of the molecule is CCCCCCC(C(=O)Nc1ccc(C(=O)OCc2ccccc2)cn1)n1cc(C(C)=O)c2ccccc21. The van der Waals surface area contributed by atoms with Crippen LogP contribution >= 0.6 is 0 Å². The van der Waals surface area contributed by atoms with Crippen molar-refractivity contribution in [2.45, 2.75) is 58.6 Å². The molecule has 4 rings (SSSR count). The van der Waals surface area contributed by atoms with Gasteiger partial charge in [-0.2, -0.15) is 0 Å². The van der Waals surface area contributed by atoms with Gasteiger partial charge in [-0.3, -0.25) is 9.59 Å². The summed E-state index contributed by atoms with van der Waals surface area (Å²) in [5.74, 6) is -0.397. The number of hydrogen-bond donors (Lipinski definition) is 1. The lowest BCUT2D eigenvalue weighted by atomic mass is 10.1. The molecule has 0 aliphatic rings. The van der Waals surface area contributed by atoms with Crippen molar-refractivity contribution in [3.63, 3.8) is 0 Å². The average molecular weight is 512 g/mol. The Morgan fingerprint density at radius 2 is 1.71 bits per heavy atom. The third-order valence-electron chi connectivity index (χ3n) is 6.55. The van der Waals surface area contributed by atoms with Gasteiger partial charge in [0, 0.05) is 28.9 Å². The number of hydrogen-bond acceptors (Lipinski definition) is 5. The first-order valence-electron chi connectivity index (χ1n) is 13.1. The smallest absolute Gasteiger partial charge is 0.340 e. The van der Waals surface area contributed by atoms with E-state index in [2.05, 4.69) is 17.2 Å². The summed E-state index contributed by atoms with van der Waals surface area (Å²) in [5, 5.41) is 3.74. The maximum Gasteiger partial charge on any atom is 0.340 e. The van der Waals surface area contributed by atoms with Gasteiger partial charge in [0.2, 0.25) is 5.91 Å². The van der Waals surface area contributed by atoms with E-state index in [4.69, 9.17) is 4.74 Å². The van der Waals surface area contributed by atoms with Crippen LogP contribution in [0, 0.1) is 0 Å². The molecule has 4 aromatic rings. The fraction of sp³-hybridized carbons (Fsp3) is 0.290. The first-order valence-corrected chi connectivity index (χ1v) is 13.1. The number of nitrogens with zero attached hydrogens (tertiary/aromatic N) is 2. The number of esters is 1.